The van der Waals surface area contributed by atoms with Gasteiger partial charge in [0.25, 0.3) is 0 Å². The van der Waals surface area contributed by atoms with Gasteiger partial charge in [-0.3, -0.25) is 0 Å². The highest BCUT2D eigenvalue weighted by Gasteiger charge is 2.52. The second kappa shape index (κ2) is 11.9. The van der Waals surface area contributed by atoms with Crippen LogP contribution in [0.4, 0.5) is 0 Å². The maximum Gasteiger partial charge on any atom is 0.0737 e. The summed E-state index contributed by atoms with van der Waals surface area (Å²) in [6.07, 6.45) is 0. The first kappa shape index (κ1) is 33.7. The van der Waals surface area contributed by atoms with Crippen LogP contribution in [-0.2, 0) is 10.8 Å². The van der Waals surface area contributed by atoms with Crippen molar-refractivity contribution in [3.8, 4) is 19.5 Å². The predicted octanol–water partition coefficient (Wildman–Crippen LogP) is 15.7. The van der Waals surface area contributed by atoms with Gasteiger partial charge in [-0.1, -0.05) is 119 Å². The monoisotopic (exact) mass is 894 g/mol. The fourth-order valence-electron chi connectivity index (χ4n) is 9.38. The molecular formula is C48H32Br2S4. The lowest BCUT2D eigenvalue weighted by Gasteiger charge is -2.34. The van der Waals surface area contributed by atoms with Gasteiger partial charge in [0.2, 0.25) is 0 Å². The van der Waals surface area contributed by atoms with Crippen molar-refractivity contribution >= 4 is 97.4 Å². The van der Waals surface area contributed by atoms with Crippen molar-refractivity contribution in [2.75, 3.05) is 0 Å². The van der Waals surface area contributed by atoms with Gasteiger partial charge in [0.1, 0.15) is 0 Å². The summed E-state index contributed by atoms with van der Waals surface area (Å²) in [6, 6.07) is 47.1. The first-order valence-corrected chi connectivity index (χ1v) is 23.0. The summed E-state index contributed by atoms with van der Waals surface area (Å²) in [5, 5.41) is 2.74. The van der Waals surface area contributed by atoms with Crippen LogP contribution in [0.3, 0.4) is 0 Å². The number of rotatable bonds is 4. The molecule has 54 heavy (non-hydrogen) atoms. The molecule has 0 N–H and O–H groups in total. The highest BCUT2D eigenvalue weighted by atomic mass is 79.9. The van der Waals surface area contributed by atoms with E-state index in [1.54, 1.807) is 0 Å². The zero-order valence-corrected chi connectivity index (χ0v) is 36.4. The van der Waals surface area contributed by atoms with Gasteiger partial charge in [-0.05, 0) is 139 Å². The first-order valence-electron chi connectivity index (χ1n) is 18.1. The second-order valence-electron chi connectivity index (χ2n) is 15.0. The molecule has 0 aliphatic heterocycles. The minimum Gasteiger partial charge on any atom is -0.134 e. The molecule has 11 rings (SSSR count). The number of halogens is 2. The standard InChI is InChI=1S/C48H32Br2S4/c1-25-5-13-29(14-6-25)47(30-15-7-26(2)8-16-30)35-23-39(49)53-43(35)45-41(47)33-21-38-34(22-37(33)51-45)42-46(52-38)44-36(24-40(50)54-44)48(42,31-17-9-27(3)10-18-31)32-19-11-28(4)12-20-32/h5-24H,1-4H3. The van der Waals surface area contributed by atoms with Crippen LogP contribution in [0.1, 0.15) is 66.8 Å². The number of thiophene rings is 4. The van der Waals surface area contributed by atoms with Crippen molar-refractivity contribution in [3.63, 3.8) is 0 Å². The molecule has 0 bridgehead atoms. The molecule has 4 aromatic heterocycles. The molecule has 2 aliphatic carbocycles. The fourth-order valence-corrected chi connectivity index (χ4v) is 15.6. The molecule has 9 aromatic rings. The van der Waals surface area contributed by atoms with Crippen LogP contribution in [-0.4, -0.2) is 0 Å². The Balaban J connectivity index is 1.26. The van der Waals surface area contributed by atoms with Crippen LogP contribution in [0, 0.1) is 27.7 Å². The van der Waals surface area contributed by atoms with Gasteiger partial charge in [-0.15, -0.1) is 45.3 Å². The van der Waals surface area contributed by atoms with Crippen molar-refractivity contribution < 1.29 is 0 Å². The molecule has 6 heteroatoms. The topological polar surface area (TPSA) is 0 Å². The third-order valence-electron chi connectivity index (χ3n) is 11.8. The van der Waals surface area contributed by atoms with Gasteiger partial charge in [0.05, 0.1) is 37.9 Å². The first-order chi connectivity index (χ1) is 26.2. The zero-order chi connectivity index (χ0) is 36.7. The maximum atomic E-state index is 3.94. The molecule has 0 fully saturated rings. The lowest BCUT2D eigenvalue weighted by atomic mass is 9.67. The average molecular weight is 897 g/mol. The number of benzene rings is 5. The van der Waals surface area contributed by atoms with E-state index in [4.69, 9.17) is 0 Å². The quantitative estimate of drug-likeness (QED) is 0.165. The lowest BCUT2D eigenvalue weighted by Crippen LogP contribution is -2.28. The Hall–Kier alpha value is -3.62. The van der Waals surface area contributed by atoms with Crippen molar-refractivity contribution in [2.45, 2.75) is 38.5 Å². The van der Waals surface area contributed by atoms with Crippen molar-refractivity contribution in [1.29, 1.82) is 0 Å². The molecule has 5 aromatic carbocycles. The fraction of sp³-hybridized carbons (Fsp3) is 0.125. The molecule has 262 valence electrons. The van der Waals surface area contributed by atoms with Gasteiger partial charge in [0.15, 0.2) is 0 Å². The molecular weight excluding hydrogens is 865 g/mol. The van der Waals surface area contributed by atoms with Crippen LogP contribution in [0.15, 0.2) is 129 Å². The van der Waals surface area contributed by atoms with Crippen molar-refractivity contribution in [2.24, 2.45) is 0 Å². The Morgan fingerprint density at radius 3 is 0.963 bits per heavy atom. The maximum absolute atomic E-state index is 3.94. The highest BCUT2D eigenvalue weighted by Crippen LogP contribution is 2.67. The molecule has 0 amide bonds. The third kappa shape index (κ3) is 4.44. The van der Waals surface area contributed by atoms with Gasteiger partial charge < -0.3 is 0 Å². The Bertz CT molecular complexity index is 2670. The minimum atomic E-state index is -0.431. The molecule has 0 atom stereocenters. The number of aryl methyl sites for hydroxylation is 4. The van der Waals surface area contributed by atoms with Crippen molar-refractivity contribution in [3.05, 3.63) is 196 Å². The van der Waals surface area contributed by atoms with E-state index in [1.807, 2.05) is 45.3 Å². The van der Waals surface area contributed by atoms with E-state index in [-0.39, 0.29) is 0 Å². The predicted molar refractivity (Wildman–Crippen MR) is 242 cm³/mol. The van der Waals surface area contributed by atoms with Crippen LogP contribution < -0.4 is 0 Å². The summed E-state index contributed by atoms with van der Waals surface area (Å²) in [5.41, 5.74) is 15.2. The third-order valence-corrected chi connectivity index (χ3v) is 17.7. The molecule has 2 aliphatic rings. The Morgan fingerprint density at radius 2 is 0.667 bits per heavy atom. The van der Waals surface area contributed by atoms with E-state index < -0.39 is 10.8 Å². The van der Waals surface area contributed by atoms with Crippen molar-refractivity contribution in [1.82, 2.24) is 0 Å². The van der Waals surface area contributed by atoms with E-state index in [2.05, 4.69) is 181 Å². The molecule has 0 unspecified atom stereocenters. The number of fused-ring (bicyclic) bond motifs is 10. The van der Waals surface area contributed by atoms with E-state index in [1.165, 1.54) is 114 Å². The molecule has 0 saturated carbocycles. The van der Waals surface area contributed by atoms with Crippen LogP contribution >= 0.6 is 77.2 Å². The van der Waals surface area contributed by atoms with Crippen LogP contribution in [0.25, 0.3) is 39.7 Å². The Morgan fingerprint density at radius 1 is 0.370 bits per heavy atom. The summed E-state index contributed by atoms with van der Waals surface area (Å²) in [6.45, 7) is 8.75. The Labute approximate surface area is 348 Å². The van der Waals surface area contributed by atoms with Crippen LogP contribution in [0.5, 0.6) is 0 Å². The van der Waals surface area contributed by atoms with Gasteiger partial charge in [-0.25, -0.2) is 0 Å². The smallest absolute Gasteiger partial charge is 0.0737 e. The number of hydrogen-bond donors (Lipinski definition) is 0. The molecule has 0 nitrogen and oxygen atoms in total. The lowest BCUT2D eigenvalue weighted by molar-refractivity contribution is 0.777. The minimum absolute atomic E-state index is 0.431. The average Bonchev–Trinajstić information content (AvgIpc) is 3.99. The normalized spacial score (nSPS) is 14.8. The summed E-state index contributed by atoms with van der Waals surface area (Å²) in [4.78, 5) is 5.57. The molecule has 0 radical (unpaired) electrons. The molecule has 0 saturated heterocycles. The number of hydrogen-bond acceptors (Lipinski definition) is 4. The summed E-state index contributed by atoms with van der Waals surface area (Å²) in [7, 11) is 0. The van der Waals surface area contributed by atoms with Crippen LogP contribution in [0.2, 0.25) is 0 Å². The SMILES string of the molecule is Cc1ccc(C2(c3ccc(C)cc3)c3cc(Br)sc3-c3sc4cc5c6c(sc5cc4c32)-c2sc(Br)cc2C6(c2ccc(C)cc2)c2ccc(C)cc2)cc1. The zero-order valence-electron chi connectivity index (χ0n) is 29.9. The molecule has 0 spiro atoms. The van der Waals surface area contributed by atoms with Gasteiger partial charge in [0, 0.05) is 9.40 Å². The Kier molecular flexibility index (Phi) is 7.45. The van der Waals surface area contributed by atoms with E-state index >= 15 is 0 Å². The summed E-state index contributed by atoms with van der Waals surface area (Å²) in [5.74, 6) is 0. The highest BCUT2D eigenvalue weighted by molar-refractivity contribution is 9.11. The molecule has 4 heterocycles. The van der Waals surface area contributed by atoms with Gasteiger partial charge >= 0.3 is 0 Å². The van der Waals surface area contributed by atoms with E-state index in [0.717, 1.165) is 0 Å². The summed E-state index contributed by atoms with van der Waals surface area (Å²) < 4.78 is 5.06. The van der Waals surface area contributed by atoms with E-state index in [9.17, 15) is 0 Å². The van der Waals surface area contributed by atoms with E-state index in [0.29, 0.717) is 0 Å². The second-order valence-corrected chi connectivity index (χ2v) is 22.0. The van der Waals surface area contributed by atoms with Gasteiger partial charge in [-0.2, -0.15) is 0 Å². The largest absolute Gasteiger partial charge is 0.134 e. The summed E-state index contributed by atoms with van der Waals surface area (Å²) >= 11 is 15.6.